The molecule has 1 aliphatic carbocycles. The van der Waals surface area contributed by atoms with Crippen LogP contribution < -0.4 is 10.1 Å². The summed E-state index contributed by atoms with van der Waals surface area (Å²) in [6.07, 6.45) is 6.86. The predicted molar refractivity (Wildman–Crippen MR) is 133 cm³/mol. The number of benzene rings is 1. The Morgan fingerprint density at radius 2 is 1.94 bits per heavy atom. The number of rotatable bonds is 9. The Labute approximate surface area is 202 Å². The average Bonchev–Trinajstić information content (AvgIpc) is 3.18. The molecule has 1 atom stereocenters. The molecule has 7 nitrogen and oxygen atoms in total. The lowest BCUT2D eigenvalue weighted by molar-refractivity contribution is 0.108. The Morgan fingerprint density at radius 3 is 2.65 bits per heavy atom. The van der Waals surface area contributed by atoms with Crippen molar-refractivity contribution >= 4 is 0 Å². The van der Waals surface area contributed by atoms with E-state index in [4.69, 9.17) is 19.2 Å². The van der Waals surface area contributed by atoms with Crippen molar-refractivity contribution in [2.45, 2.75) is 65.4 Å². The van der Waals surface area contributed by atoms with Crippen molar-refractivity contribution in [1.82, 2.24) is 20.4 Å². The summed E-state index contributed by atoms with van der Waals surface area (Å²) in [5.74, 6) is 2.79. The van der Waals surface area contributed by atoms with Crippen LogP contribution in [0.25, 0.3) is 22.6 Å². The van der Waals surface area contributed by atoms with E-state index in [1.165, 1.54) is 32.1 Å². The standard InChI is InChI=1S/C27H36N4O3/c1-17-24(13-20-9-6-5-7-10-20)29-27(30-26(17)25-18(2)31-34-19(25)3)21-11-8-12-23(14-21)33-16-22(32)15-28-4/h8,11-12,14,20,22,28,32H,5-7,9-10,13,15-16H2,1-4H3/t22-/m1/s1. The van der Waals surface area contributed by atoms with E-state index < -0.39 is 6.10 Å². The predicted octanol–water partition coefficient (Wildman–Crippen LogP) is 4.81. The summed E-state index contributed by atoms with van der Waals surface area (Å²) >= 11 is 0. The highest BCUT2D eigenvalue weighted by Gasteiger charge is 2.23. The monoisotopic (exact) mass is 464 g/mol. The van der Waals surface area contributed by atoms with E-state index in [0.717, 1.165) is 46.0 Å². The highest BCUT2D eigenvalue weighted by Crippen LogP contribution is 2.34. The molecular formula is C27H36N4O3. The van der Waals surface area contributed by atoms with Gasteiger partial charge in [-0.1, -0.05) is 49.4 Å². The lowest BCUT2D eigenvalue weighted by Crippen LogP contribution is -2.29. The molecular weight excluding hydrogens is 428 g/mol. The van der Waals surface area contributed by atoms with Crippen LogP contribution >= 0.6 is 0 Å². The number of aliphatic hydroxyl groups is 1. The van der Waals surface area contributed by atoms with Crippen molar-refractivity contribution in [3.8, 4) is 28.4 Å². The lowest BCUT2D eigenvalue weighted by Gasteiger charge is -2.22. The van der Waals surface area contributed by atoms with Gasteiger partial charge in [0.25, 0.3) is 0 Å². The van der Waals surface area contributed by atoms with Crippen LogP contribution in [-0.2, 0) is 6.42 Å². The van der Waals surface area contributed by atoms with Gasteiger partial charge < -0.3 is 19.7 Å². The number of hydrogen-bond acceptors (Lipinski definition) is 7. The summed E-state index contributed by atoms with van der Waals surface area (Å²) in [4.78, 5) is 10.1. The van der Waals surface area contributed by atoms with Gasteiger partial charge in [-0.2, -0.15) is 0 Å². The van der Waals surface area contributed by atoms with Gasteiger partial charge in [0.05, 0.1) is 17.0 Å². The van der Waals surface area contributed by atoms with Crippen LogP contribution in [-0.4, -0.2) is 46.5 Å². The minimum Gasteiger partial charge on any atom is -0.491 e. The smallest absolute Gasteiger partial charge is 0.160 e. The second kappa shape index (κ2) is 11.1. The fraction of sp³-hybridized carbons (Fsp3) is 0.519. The van der Waals surface area contributed by atoms with Gasteiger partial charge in [-0.3, -0.25) is 0 Å². The Morgan fingerprint density at radius 1 is 1.15 bits per heavy atom. The van der Waals surface area contributed by atoms with Crippen molar-refractivity contribution in [3.63, 3.8) is 0 Å². The van der Waals surface area contributed by atoms with Gasteiger partial charge in [-0.15, -0.1) is 0 Å². The van der Waals surface area contributed by atoms with E-state index >= 15 is 0 Å². The van der Waals surface area contributed by atoms with Gasteiger partial charge in [0.2, 0.25) is 0 Å². The molecule has 0 bridgehead atoms. The third kappa shape index (κ3) is 5.65. The first-order chi connectivity index (χ1) is 16.5. The molecule has 0 amide bonds. The van der Waals surface area contributed by atoms with E-state index in [-0.39, 0.29) is 6.61 Å². The summed E-state index contributed by atoms with van der Waals surface area (Å²) in [5, 5.41) is 17.1. The first-order valence-electron chi connectivity index (χ1n) is 12.3. The zero-order valence-corrected chi connectivity index (χ0v) is 20.7. The molecule has 2 N–H and O–H groups in total. The quantitative estimate of drug-likeness (QED) is 0.469. The molecule has 0 aliphatic heterocycles. The van der Waals surface area contributed by atoms with Crippen LogP contribution in [0.15, 0.2) is 28.8 Å². The molecule has 4 rings (SSSR count). The number of ether oxygens (including phenoxy) is 1. The van der Waals surface area contributed by atoms with Crippen molar-refractivity contribution < 1.29 is 14.4 Å². The fourth-order valence-corrected chi connectivity index (χ4v) is 4.83. The van der Waals surface area contributed by atoms with Crippen molar-refractivity contribution in [3.05, 3.63) is 47.0 Å². The number of hydrogen-bond donors (Lipinski definition) is 2. The SMILES string of the molecule is CNC[C@@H](O)COc1cccc(-c2nc(CC3CCCCC3)c(C)c(-c3c(C)noc3C)n2)c1. The molecule has 1 aromatic carbocycles. The molecule has 0 radical (unpaired) electrons. The Kier molecular flexibility index (Phi) is 7.95. The van der Waals surface area contributed by atoms with Gasteiger partial charge in [0.15, 0.2) is 5.82 Å². The summed E-state index contributed by atoms with van der Waals surface area (Å²) in [6.45, 7) is 6.70. The third-order valence-electron chi connectivity index (χ3n) is 6.70. The number of nitrogens with one attached hydrogen (secondary N) is 1. The lowest BCUT2D eigenvalue weighted by atomic mass is 9.85. The van der Waals surface area contributed by atoms with Gasteiger partial charge >= 0.3 is 0 Å². The maximum Gasteiger partial charge on any atom is 0.160 e. The molecule has 0 unspecified atom stereocenters. The Bertz CT molecular complexity index is 1090. The zero-order valence-electron chi connectivity index (χ0n) is 20.7. The molecule has 2 heterocycles. The molecule has 1 saturated carbocycles. The minimum atomic E-state index is -0.572. The second-order valence-electron chi connectivity index (χ2n) is 9.43. The number of aryl methyl sites for hydroxylation is 2. The van der Waals surface area contributed by atoms with E-state index in [2.05, 4.69) is 17.4 Å². The van der Waals surface area contributed by atoms with Crippen LogP contribution in [0.2, 0.25) is 0 Å². The molecule has 0 spiro atoms. The van der Waals surface area contributed by atoms with Crippen LogP contribution in [0, 0.1) is 26.7 Å². The highest BCUT2D eigenvalue weighted by molar-refractivity contribution is 5.71. The normalized spacial score (nSPS) is 15.4. The summed E-state index contributed by atoms with van der Waals surface area (Å²) in [5.41, 5.74) is 5.77. The summed E-state index contributed by atoms with van der Waals surface area (Å²) in [7, 11) is 1.81. The average molecular weight is 465 g/mol. The number of aliphatic hydroxyl groups excluding tert-OH is 1. The van der Waals surface area contributed by atoms with Crippen molar-refractivity contribution in [2.75, 3.05) is 20.2 Å². The largest absolute Gasteiger partial charge is 0.491 e. The molecule has 2 aromatic heterocycles. The number of nitrogens with zero attached hydrogens (tertiary/aromatic N) is 3. The van der Waals surface area contributed by atoms with Gasteiger partial charge in [-0.25, -0.2) is 9.97 Å². The van der Waals surface area contributed by atoms with Crippen LogP contribution in [0.5, 0.6) is 5.75 Å². The van der Waals surface area contributed by atoms with Crippen molar-refractivity contribution in [1.29, 1.82) is 0 Å². The summed E-state index contributed by atoms with van der Waals surface area (Å²) in [6, 6.07) is 7.78. The van der Waals surface area contributed by atoms with Gasteiger partial charge in [0.1, 0.15) is 24.2 Å². The second-order valence-corrected chi connectivity index (χ2v) is 9.43. The highest BCUT2D eigenvalue weighted by atomic mass is 16.5. The maximum absolute atomic E-state index is 9.99. The molecule has 3 aromatic rings. The zero-order chi connectivity index (χ0) is 24.1. The molecule has 7 heteroatoms. The molecule has 182 valence electrons. The molecule has 0 saturated heterocycles. The van der Waals surface area contributed by atoms with E-state index in [0.29, 0.717) is 24.0 Å². The first kappa shape index (κ1) is 24.4. The topological polar surface area (TPSA) is 93.3 Å². The van der Waals surface area contributed by atoms with Crippen LogP contribution in [0.1, 0.15) is 54.8 Å². The Balaban J connectivity index is 1.71. The van der Waals surface area contributed by atoms with Crippen LogP contribution in [0.4, 0.5) is 0 Å². The van der Waals surface area contributed by atoms with E-state index in [1.54, 1.807) is 7.05 Å². The van der Waals surface area contributed by atoms with E-state index in [1.807, 2.05) is 38.1 Å². The summed E-state index contributed by atoms with van der Waals surface area (Å²) < 4.78 is 11.3. The number of aromatic nitrogens is 3. The van der Waals surface area contributed by atoms with E-state index in [9.17, 15) is 5.11 Å². The Hall–Kier alpha value is -2.77. The van der Waals surface area contributed by atoms with Gasteiger partial charge in [-0.05, 0) is 57.9 Å². The first-order valence-corrected chi connectivity index (χ1v) is 12.3. The maximum atomic E-state index is 9.99. The fourth-order valence-electron chi connectivity index (χ4n) is 4.83. The number of likely N-dealkylation sites (N-methyl/N-ethyl adjacent to an activating group) is 1. The van der Waals surface area contributed by atoms with Crippen molar-refractivity contribution in [2.24, 2.45) is 5.92 Å². The van der Waals surface area contributed by atoms with Gasteiger partial charge in [0, 0.05) is 17.8 Å². The molecule has 1 fully saturated rings. The molecule has 34 heavy (non-hydrogen) atoms. The molecule has 1 aliphatic rings. The third-order valence-corrected chi connectivity index (χ3v) is 6.70. The minimum absolute atomic E-state index is 0.219. The van der Waals surface area contributed by atoms with Crippen LogP contribution in [0.3, 0.4) is 0 Å².